The van der Waals surface area contributed by atoms with Crippen LogP contribution in [0.4, 0.5) is 0 Å². The van der Waals surface area contributed by atoms with E-state index in [4.69, 9.17) is 14.9 Å². The second-order valence-electron chi connectivity index (χ2n) is 5.82. The molecule has 0 spiro atoms. The zero-order valence-corrected chi connectivity index (χ0v) is 13.2. The Morgan fingerprint density at radius 3 is 2.58 bits per heavy atom. The molecule has 0 saturated carbocycles. The summed E-state index contributed by atoms with van der Waals surface area (Å²) in [5.41, 5.74) is 5.66. The average molecular weight is 320 g/mol. The number of aromatic carboxylic acids is 1. The number of fused-ring (bicyclic) bond motifs is 3. The fourth-order valence-corrected chi connectivity index (χ4v) is 3.10. The molecule has 1 aromatic heterocycles. The van der Waals surface area contributed by atoms with Crippen molar-refractivity contribution in [1.29, 1.82) is 0 Å². The first kappa shape index (κ1) is 14.5. The van der Waals surface area contributed by atoms with E-state index < -0.39 is 5.97 Å². The lowest BCUT2D eigenvalue weighted by Crippen LogP contribution is -2.02. The number of hydrogen-bond acceptors (Lipinski definition) is 3. The van der Waals surface area contributed by atoms with E-state index in [1.54, 1.807) is 31.4 Å². The third-order valence-corrected chi connectivity index (χ3v) is 4.40. The highest BCUT2D eigenvalue weighted by atomic mass is 16.5. The molecule has 1 N–H and O–H groups in total. The molecule has 5 heteroatoms. The third kappa shape index (κ3) is 2.34. The predicted octanol–water partition coefficient (Wildman–Crippen LogP) is 3.34. The molecular weight excluding hydrogens is 304 g/mol. The van der Waals surface area contributed by atoms with Gasteiger partial charge in [0.25, 0.3) is 0 Å². The van der Waals surface area contributed by atoms with Crippen molar-refractivity contribution < 1.29 is 14.6 Å². The second-order valence-corrected chi connectivity index (χ2v) is 5.82. The van der Waals surface area contributed by atoms with Gasteiger partial charge < -0.3 is 9.84 Å². The molecule has 0 atom stereocenters. The van der Waals surface area contributed by atoms with Crippen LogP contribution in [0.5, 0.6) is 5.75 Å². The van der Waals surface area contributed by atoms with Crippen molar-refractivity contribution in [2.75, 3.05) is 7.11 Å². The number of carboxylic acid groups (broad SMARTS) is 1. The van der Waals surface area contributed by atoms with E-state index in [-0.39, 0.29) is 5.56 Å². The summed E-state index contributed by atoms with van der Waals surface area (Å²) in [4.78, 5) is 11.0. The lowest BCUT2D eigenvalue weighted by Gasteiger charge is -2.15. The first-order valence-electron chi connectivity index (χ1n) is 7.75. The number of nitrogens with zero attached hydrogens (tertiary/aromatic N) is 2. The Morgan fingerprint density at radius 2 is 1.88 bits per heavy atom. The highest BCUT2D eigenvalue weighted by Crippen LogP contribution is 2.35. The molecular formula is C19H16N2O3. The van der Waals surface area contributed by atoms with Crippen molar-refractivity contribution in [2.24, 2.45) is 0 Å². The van der Waals surface area contributed by atoms with E-state index in [2.05, 4.69) is 6.07 Å². The Morgan fingerprint density at radius 1 is 1.12 bits per heavy atom. The SMILES string of the molecule is COc1ccc2c(c1)-c1nn(-c3ccc(C(=O)O)cc3)cc1CC2. The van der Waals surface area contributed by atoms with Crippen LogP contribution < -0.4 is 4.74 Å². The van der Waals surface area contributed by atoms with Crippen molar-refractivity contribution in [3.63, 3.8) is 0 Å². The monoisotopic (exact) mass is 320 g/mol. The maximum absolute atomic E-state index is 11.0. The van der Waals surface area contributed by atoms with Crippen molar-refractivity contribution in [2.45, 2.75) is 12.8 Å². The normalized spacial score (nSPS) is 12.4. The smallest absolute Gasteiger partial charge is 0.335 e. The Hall–Kier alpha value is -3.08. The van der Waals surface area contributed by atoms with Gasteiger partial charge in [0.05, 0.1) is 24.1 Å². The number of methoxy groups -OCH3 is 1. The van der Waals surface area contributed by atoms with Crippen molar-refractivity contribution in [3.05, 3.63) is 65.4 Å². The van der Waals surface area contributed by atoms with Crippen LogP contribution in [-0.2, 0) is 12.8 Å². The van der Waals surface area contributed by atoms with E-state index in [1.807, 2.05) is 23.0 Å². The van der Waals surface area contributed by atoms with Gasteiger partial charge in [-0.1, -0.05) is 6.07 Å². The zero-order valence-electron chi connectivity index (χ0n) is 13.2. The fourth-order valence-electron chi connectivity index (χ4n) is 3.10. The van der Waals surface area contributed by atoms with Crippen LogP contribution in [0.2, 0.25) is 0 Å². The van der Waals surface area contributed by atoms with E-state index in [0.29, 0.717) is 0 Å². The van der Waals surface area contributed by atoms with Gasteiger partial charge in [-0.2, -0.15) is 5.10 Å². The zero-order chi connectivity index (χ0) is 16.7. The maximum atomic E-state index is 11.0. The standard InChI is InChI=1S/C19H16N2O3/c1-24-16-9-6-12-2-3-14-11-21(20-18(14)17(12)10-16)15-7-4-13(5-8-15)19(22)23/h4-11H,2-3H2,1H3,(H,22,23). The van der Waals surface area contributed by atoms with Crippen molar-refractivity contribution in [3.8, 4) is 22.7 Å². The minimum atomic E-state index is -0.928. The first-order chi connectivity index (χ1) is 11.7. The Labute approximate surface area is 139 Å². The van der Waals surface area contributed by atoms with Crippen molar-refractivity contribution in [1.82, 2.24) is 9.78 Å². The van der Waals surface area contributed by atoms with E-state index in [9.17, 15) is 4.79 Å². The predicted molar refractivity (Wildman–Crippen MR) is 89.9 cm³/mol. The summed E-state index contributed by atoms with van der Waals surface area (Å²) in [7, 11) is 1.66. The van der Waals surface area contributed by atoms with E-state index in [0.717, 1.165) is 35.5 Å². The van der Waals surface area contributed by atoms with Gasteiger partial charge in [-0.3, -0.25) is 0 Å². The van der Waals surface area contributed by atoms with Gasteiger partial charge in [-0.15, -0.1) is 0 Å². The molecule has 0 saturated heterocycles. The fraction of sp³-hybridized carbons (Fsp3) is 0.158. The lowest BCUT2D eigenvalue weighted by molar-refractivity contribution is 0.0697. The largest absolute Gasteiger partial charge is 0.497 e. The van der Waals surface area contributed by atoms with Gasteiger partial charge in [-0.05, 0) is 60.4 Å². The molecule has 2 aromatic carbocycles. The topological polar surface area (TPSA) is 64.4 Å². The van der Waals surface area contributed by atoms with Gasteiger partial charge >= 0.3 is 5.97 Å². The molecule has 4 rings (SSSR count). The molecule has 0 aliphatic heterocycles. The molecule has 120 valence electrons. The molecule has 0 amide bonds. The molecule has 5 nitrogen and oxygen atoms in total. The van der Waals surface area contributed by atoms with Gasteiger partial charge in [0.1, 0.15) is 5.75 Å². The molecule has 1 heterocycles. The van der Waals surface area contributed by atoms with Crippen LogP contribution in [0.15, 0.2) is 48.7 Å². The number of benzene rings is 2. The number of carboxylic acids is 1. The van der Waals surface area contributed by atoms with Gasteiger partial charge in [0.15, 0.2) is 0 Å². The number of hydrogen-bond donors (Lipinski definition) is 1. The van der Waals surface area contributed by atoms with Gasteiger partial charge in [0, 0.05) is 11.8 Å². The molecule has 1 aliphatic rings. The maximum Gasteiger partial charge on any atom is 0.335 e. The number of aromatic nitrogens is 2. The van der Waals surface area contributed by atoms with Crippen LogP contribution in [0.25, 0.3) is 16.9 Å². The number of carbonyl (C=O) groups is 1. The molecule has 0 unspecified atom stereocenters. The summed E-state index contributed by atoms with van der Waals surface area (Å²) in [6.07, 6.45) is 3.95. The van der Waals surface area contributed by atoms with E-state index >= 15 is 0 Å². The summed E-state index contributed by atoms with van der Waals surface area (Å²) in [5, 5.41) is 13.7. The molecule has 24 heavy (non-hydrogen) atoms. The Balaban J connectivity index is 1.77. The summed E-state index contributed by atoms with van der Waals surface area (Å²) in [5.74, 6) is -0.107. The summed E-state index contributed by atoms with van der Waals surface area (Å²) in [6.45, 7) is 0. The highest BCUT2D eigenvalue weighted by molar-refractivity contribution is 5.87. The number of aryl methyl sites for hydroxylation is 2. The van der Waals surface area contributed by atoms with Crippen LogP contribution in [0.1, 0.15) is 21.5 Å². The third-order valence-electron chi connectivity index (χ3n) is 4.40. The van der Waals surface area contributed by atoms with Crippen LogP contribution in [0, 0.1) is 0 Å². The van der Waals surface area contributed by atoms with Gasteiger partial charge in [-0.25, -0.2) is 9.48 Å². The number of rotatable bonds is 3. The van der Waals surface area contributed by atoms with Crippen LogP contribution in [0.3, 0.4) is 0 Å². The highest BCUT2D eigenvalue weighted by Gasteiger charge is 2.20. The minimum absolute atomic E-state index is 0.269. The molecule has 3 aromatic rings. The quantitative estimate of drug-likeness (QED) is 0.804. The van der Waals surface area contributed by atoms with Crippen molar-refractivity contribution >= 4 is 5.97 Å². The lowest BCUT2D eigenvalue weighted by atomic mass is 9.90. The molecule has 0 bridgehead atoms. The number of ether oxygens (including phenoxy) is 1. The van der Waals surface area contributed by atoms with Gasteiger partial charge in [0.2, 0.25) is 0 Å². The first-order valence-corrected chi connectivity index (χ1v) is 7.75. The minimum Gasteiger partial charge on any atom is -0.497 e. The summed E-state index contributed by atoms with van der Waals surface area (Å²) >= 11 is 0. The molecule has 0 radical (unpaired) electrons. The van der Waals surface area contributed by atoms with E-state index in [1.165, 1.54) is 11.1 Å². The van der Waals surface area contributed by atoms with Crippen LogP contribution >= 0.6 is 0 Å². The second kappa shape index (κ2) is 5.53. The Bertz CT molecular complexity index is 926. The average Bonchev–Trinajstić information content (AvgIpc) is 3.06. The molecule has 1 aliphatic carbocycles. The molecule has 0 fully saturated rings. The summed E-state index contributed by atoms with van der Waals surface area (Å²) in [6, 6.07) is 12.8. The Kier molecular flexibility index (Phi) is 3.34. The van der Waals surface area contributed by atoms with Crippen LogP contribution in [-0.4, -0.2) is 28.0 Å². The summed E-state index contributed by atoms with van der Waals surface area (Å²) < 4.78 is 7.14.